The minimum atomic E-state index is -0.523. The van der Waals surface area contributed by atoms with Gasteiger partial charge in [-0.15, -0.1) is 11.6 Å². The second-order valence-corrected chi connectivity index (χ2v) is 4.90. The SMILES string of the molecule is CCOC(=O)c1c(O)ccc(CCCl)c1-c1ccccc1. The molecule has 2 rings (SSSR count). The van der Waals surface area contributed by atoms with Gasteiger partial charge in [-0.25, -0.2) is 4.79 Å². The summed E-state index contributed by atoms with van der Waals surface area (Å²) in [4.78, 5) is 12.2. The highest BCUT2D eigenvalue weighted by Crippen LogP contribution is 2.34. The number of benzene rings is 2. The molecule has 0 saturated heterocycles. The van der Waals surface area contributed by atoms with Crippen LogP contribution in [0.15, 0.2) is 42.5 Å². The standard InChI is InChI=1S/C17H17ClO3/c1-2-21-17(20)16-14(19)9-8-13(10-11-18)15(16)12-6-4-3-5-7-12/h3-9,19H,2,10-11H2,1H3. The summed E-state index contributed by atoms with van der Waals surface area (Å²) in [6, 6.07) is 12.8. The second-order valence-electron chi connectivity index (χ2n) is 4.52. The Morgan fingerprint density at radius 1 is 1.19 bits per heavy atom. The molecule has 0 radical (unpaired) electrons. The number of carbonyl (C=O) groups excluding carboxylic acids is 1. The largest absolute Gasteiger partial charge is 0.507 e. The summed E-state index contributed by atoms with van der Waals surface area (Å²) in [7, 11) is 0. The highest BCUT2D eigenvalue weighted by Gasteiger charge is 2.21. The Kier molecular flexibility index (Phi) is 5.23. The van der Waals surface area contributed by atoms with Crippen molar-refractivity contribution in [2.75, 3.05) is 12.5 Å². The van der Waals surface area contributed by atoms with Gasteiger partial charge in [-0.1, -0.05) is 36.4 Å². The summed E-state index contributed by atoms with van der Waals surface area (Å²) in [6.45, 7) is 1.99. The number of aryl methyl sites for hydroxylation is 1. The highest BCUT2D eigenvalue weighted by molar-refractivity contribution is 6.18. The third kappa shape index (κ3) is 3.37. The van der Waals surface area contributed by atoms with E-state index >= 15 is 0 Å². The van der Waals surface area contributed by atoms with Crippen LogP contribution in [0.25, 0.3) is 11.1 Å². The number of hydrogen-bond acceptors (Lipinski definition) is 3. The van der Waals surface area contributed by atoms with Gasteiger partial charge in [-0.05, 0) is 30.5 Å². The molecule has 0 amide bonds. The molecule has 0 aromatic heterocycles. The molecule has 0 bridgehead atoms. The molecule has 4 heteroatoms. The minimum absolute atomic E-state index is 0.0781. The fraction of sp³-hybridized carbons (Fsp3) is 0.235. The first kappa shape index (κ1) is 15.4. The Labute approximate surface area is 129 Å². The average Bonchev–Trinajstić information content (AvgIpc) is 2.50. The number of phenols is 1. The molecule has 0 saturated carbocycles. The van der Waals surface area contributed by atoms with Crippen LogP contribution in [0.1, 0.15) is 22.8 Å². The van der Waals surface area contributed by atoms with Crippen molar-refractivity contribution in [2.24, 2.45) is 0 Å². The van der Waals surface area contributed by atoms with E-state index in [1.807, 2.05) is 30.3 Å². The van der Waals surface area contributed by atoms with Crippen molar-refractivity contribution < 1.29 is 14.6 Å². The number of hydrogen-bond donors (Lipinski definition) is 1. The average molecular weight is 305 g/mol. The molecule has 0 fully saturated rings. The Morgan fingerprint density at radius 2 is 1.90 bits per heavy atom. The monoisotopic (exact) mass is 304 g/mol. The Balaban J connectivity index is 2.67. The van der Waals surface area contributed by atoms with Gasteiger partial charge in [-0.3, -0.25) is 0 Å². The van der Waals surface area contributed by atoms with Crippen LogP contribution < -0.4 is 0 Å². The number of esters is 1. The molecule has 0 heterocycles. The summed E-state index contributed by atoms with van der Waals surface area (Å²) < 4.78 is 5.07. The number of carbonyl (C=O) groups is 1. The number of halogens is 1. The lowest BCUT2D eigenvalue weighted by molar-refractivity contribution is 0.0524. The lowest BCUT2D eigenvalue weighted by Gasteiger charge is -2.15. The van der Waals surface area contributed by atoms with Crippen LogP contribution in [0.4, 0.5) is 0 Å². The molecule has 3 nitrogen and oxygen atoms in total. The maximum atomic E-state index is 12.2. The molecule has 0 spiro atoms. The fourth-order valence-electron chi connectivity index (χ4n) is 2.29. The lowest BCUT2D eigenvalue weighted by atomic mass is 9.92. The molecule has 2 aromatic rings. The minimum Gasteiger partial charge on any atom is -0.507 e. The number of aromatic hydroxyl groups is 1. The molecule has 1 N–H and O–H groups in total. The zero-order valence-electron chi connectivity index (χ0n) is 11.8. The van der Waals surface area contributed by atoms with Gasteiger partial charge in [0.1, 0.15) is 11.3 Å². The zero-order chi connectivity index (χ0) is 15.2. The molecule has 2 aromatic carbocycles. The van der Waals surface area contributed by atoms with Gasteiger partial charge in [0.15, 0.2) is 0 Å². The molecule has 0 aliphatic heterocycles. The summed E-state index contributed by atoms with van der Waals surface area (Å²) >= 11 is 5.85. The van der Waals surface area contributed by atoms with Gasteiger partial charge in [0.2, 0.25) is 0 Å². The highest BCUT2D eigenvalue weighted by atomic mass is 35.5. The molecular weight excluding hydrogens is 288 g/mol. The van der Waals surface area contributed by atoms with Gasteiger partial charge in [-0.2, -0.15) is 0 Å². The van der Waals surface area contributed by atoms with Gasteiger partial charge >= 0.3 is 5.97 Å². The summed E-state index contributed by atoms with van der Waals surface area (Å²) in [6.07, 6.45) is 0.610. The summed E-state index contributed by atoms with van der Waals surface area (Å²) in [5, 5.41) is 10.1. The van der Waals surface area contributed by atoms with E-state index in [-0.39, 0.29) is 17.9 Å². The van der Waals surface area contributed by atoms with Crippen molar-refractivity contribution in [1.29, 1.82) is 0 Å². The van der Waals surface area contributed by atoms with Crippen LogP contribution in [0.3, 0.4) is 0 Å². The number of alkyl halides is 1. The van der Waals surface area contributed by atoms with Crippen molar-refractivity contribution in [3.8, 4) is 16.9 Å². The van der Waals surface area contributed by atoms with Crippen LogP contribution >= 0.6 is 11.6 Å². The van der Waals surface area contributed by atoms with Crippen LogP contribution in [-0.4, -0.2) is 23.6 Å². The van der Waals surface area contributed by atoms with Crippen molar-refractivity contribution in [3.63, 3.8) is 0 Å². The first-order valence-corrected chi connectivity index (χ1v) is 7.35. The predicted molar refractivity (Wildman–Crippen MR) is 83.9 cm³/mol. The van der Waals surface area contributed by atoms with E-state index in [1.54, 1.807) is 13.0 Å². The van der Waals surface area contributed by atoms with Crippen LogP contribution in [0.2, 0.25) is 0 Å². The maximum Gasteiger partial charge on any atom is 0.342 e. The predicted octanol–water partition coefficient (Wildman–Crippen LogP) is 4.02. The van der Waals surface area contributed by atoms with Gasteiger partial charge in [0.05, 0.1) is 6.61 Å². The van der Waals surface area contributed by atoms with E-state index in [0.717, 1.165) is 11.1 Å². The molecular formula is C17H17ClO3. The molecule has 0 unspecified atom stereocenters. The summed E-state index contributed by atoms with van der Waals surface area (Å²) in [5.41, 5.74) is 2.66. The van der Waals surface area contributed by atoms with E-state index < -0.39 is 5.97 Å². The molecule has 110 valence electrons. The first-order valence-electron chi connectivity index (χ1n) is 6.82. The second kappa shape index (κ2) is 7.14. The topological polar surface area (TPSA) is 46.5 Å². The van der Waals surface area contributed by atoms with Crippen molar-refractivity contribution in [3.05, 3.63) is 53.6 Å². The third-order valence-corrected chi connectivity index (χ3v) is 3.36. The van der Waals surface area contributed by atoms with E-state index in [4.69, 9.17) is 16.3 Å². The van der Waals surface area contributed by atoms with Crippen molar-refractivity contribution in [2.45, 2.75) is 13.3 Å². The van der Waals surface area contributed by atoms with E-state index in [2.05, 4.69) is 0 Å². The first-order chi connectivity index (χ1) is 10.2. The summed E-state index contributed by atoms with van der Waals surface area (Å²) in [5.74, 6) is -0.164. The normalized spacial score (nSPS) is 10.4. The van der Waals surface area contributed by atoms with Gasteiger partial charge in [0, 0.05) is 11.4 Å². The number of phenolic OH excluding ortho intramolecular Hbond substituents is 1. The van der Waals surface area contributed by atoms with E-state index in [0.29, 0.717) is 17.9 Å². The molecule has 21 heavy (non-hydrogen) atoms. The number of ether oxygens (including phenoxy) is 1. The van der Waals surface area contributed by atoms with Crippen molar-refractivity contribution >= 4 is 17.6 Å². The molecule has 0 atom stereocenters. The van der Waals surface area contributed by atoms with Crippen LogP contribution in [0, 0.1) is 0 Å². The quantitative estimate of drug-likeness (QED) is 0.670. The maximum absolute atomic E-state index is 12.2. The van der Waals surface area contributed by atoms with E-state index in [9.17, 15) is 9.90 Å². The molecule has 0 aliphatic carbocycles. The van der Waals surface area contributed by atoms with Crippen LogP contribution in [-0.2, 0) is 11.2 Å². The lowest BCUT2D eigenvalue weighted by Crippen LogP contribution is -2.09. The van der Waals surface area contributed by atoms with E-state index in [1.165, 1.54) is 6.07 Å². The smallest absolute Gasteiger partial charge is 0.342 e. The Morgan fingerprint density at radius 3 is 2.52 bits per heavy atom. The molecule has 0 aliphatic rings. The Bertz CT molecular complexity index is 623. The third-order valence-electron chi connectivity index (χ3n) is 3.18. The van der Waals surface area contributed by atoms with Crippen LogP contribution in [0.5, 0.6) is 5.75 Å². The Hall–Kier alpha value is -2.00. The number of rotatable bonds is 5. The van der Waals surface area contributed by atoms with Gasteiger partial charge in [0.25, 0.3) is 0 Å². The fourth-order valence-corrected chi connectivity index (χ4v) is 2.49. The van der Waals surface area contributed by atoms with Crippen molar-refractivity contribution in [1.82, 2.24) is 0 Å². The van der Waals surface area contributed by atoms with Gasteiger partial charge < -0.3 is 9.84 Å². The zero-order valence-corrected chi connectivity index (χ0v) is 12.6.